The van der Waals surface area contributed by atoms with Crippen molar-refractivity contribution in [3.05, 3.63) is 11.9 Å². The number of anilines is 2. The first-order valence-corrected chi connectivity index (χ1v) is 5.62. The van der Waals surface area contributed by atoms with E-state index in [0.717, 1.165) is 0 Å². The van der Waals surface area contributed by atoms with E-state index in [2.05, 4.69) is 20.0 Å². The van der Waals surface area contributed by atoms with Gasteiger partial charge in [-0.25, -0.2) is 14.8 Å². The topological polar surface area (TPSA) is 99.4 Å². The minimum absolute atomic E-state index is 0.281. The van der Waals surface area contributed by atoms with E-state index in [4.69, 9.17) is 10.5 Å². The molecular weight excluding hydrogens is 236 g/mol. The third kappa shape index (κ3) is 4.17. The summed E-state index contributed by atoms with van der Waals surface area (Å²) < 4.78 is 9.81. The molecule has 100 valence electrons. The van der Waals surface area contributed by atoms with Gasteiger partial charge in [0, 0.05) is 12.7 Å². The predicted octanol–water partition coefficient (Wildman–Crippen LogP) is 0.569. The Morgan fingerprint density at radius 3 is 2.89 bits per heavy atom. The molecule has 0 radical (unpaired) electrons. The second-order valence-corrected chi connectivity index (χ2v) is 3.62. The van der Waals surface area contributed by atoms with Crippen LogP contribution in [0, 0.1) is 0 Å². The Kier molecular flexibility index (Phi) is 5.31. The van der Waals surface area contributed by atoms with Gasteiger partial charge in [-0.2, -0.15) is 0 Å². The quantitative estimate of drug-likeness (QED) is 0.716. The molecule has 0 saturated heterocycles. The van der Waals surface area contributed by atoms with Crippen molar-refractivity contribution in [2.75, 3.05) is 24.8 Å². The summed E-state index contributed by atoms with van der Waals surface area (Å²) in [6.45, 7) is 4.40. The molecule has 1 aromatic heterocycles. The van der Waals surface area contributed by atoms with Crippen LogP contribution in [0.4, 0.5) is 11.6 Å². The fourth-order valence-electron chi connectivity index (χ4n) is 1.31. The Morgan fingerprint density at radius 2 is 2.28 bits per heavy atom. The summed E-state index contributed by atoms with van der Waals surface area (Å²) in [6, 6.07) is 1.04. The zero-order valence-corrected chi connectivity index (χ0v) is 10.8. The first-order valence-electron chi connectivity index (χ1n) is 5.62. The molecule has 18 heavy (non-hydrogen) atoms. The van der Waals surface area contributed by atoms with Gasteiger partial charge in [-0.3, -0.25) is 0 Å². The third-order valence-corrected chi connectivity index (χ3v) is 2.15. The van der Waals surface area contributed by atoms with Crippen LogP contribution in [0.3, 0.4) is 0 Å². The van der Waals surface area contributed by atoms with E-state index in [1.54, 1.807) is 13.0 Å². The fraction of sp³-hybridized carbons (Fsp3) is 0.545. The molecule has 0 spiro atoms. The van der Waals surface area contributed by atoms with E-state index < -0.39 is 6.04 Å². The Bertz CT molecular complexity index is 411. The van der Waals surface area contributed by atoms with E-state index in [0.29, 0.717) is 24.1 Å². The zero-order valence-electron chi connectivity index (χ0n) is 10.8. The van der Waals surface area contributed by atoms with Crippen LogP contribution in [0.5, 0.6) is 0 Å². The maximum Gasteiger partial charge on any atom is 0.328 e. The van der Waals surface area contributed by atoms with E-state index in [-0.39, 0.29) is 12.6 Å². The zero-order chi connectivity index (χ0) is 13.5. The van der Waals surface area contributed by atoms with Gasteiger partial charge in [0.1, 0.15) is 24.3 Å². The molecule has 0 aliphatic carbocycles. The van der Waals surface area contributed by atoms with Crippen LogP contribution < -0.4 is 11.1 Å². The summed E-state index contributed by atoms with van der Waals surface area (Å²) in [6.07, 6.45) is 0. The first-order chi connectivity index (χ1) is 8.56. The molecule has 1 unspecified atom stereocenters. The summed E-state index contributed by atoms with van der Waals surface area (Å²) in [7, 11) is 1.33. The SMILES string of the molecule is CCOCc1nc(N)cc(NC(C)C(=O)OC)n1. The smallest absolute Gasteiger partial charge is 0.328 e. The molecule has 0 bridgehead atoms. The number of hydrogen-bond donors (Lipinski definition) is 2. The highest BCUT2D eigenvalue weighted by atomic mass is 16.5. The number of nitrogen functional groups attached to an aromatic ring is 1. The Morgan fingerprint density at radius 1 is 1.56 bits per heavy atom. The number of esters is 1. The molecule has 0 aromatic carbocycles. The van der Waals surface area contributed by atoms with Crippen molar-refractivity contribution >= 4 is 17.6 Å². The Hall–Kier alpha value is -1.89. The van der Waals surface area contributed by atoms with Gasteiger partial charge in [-0.15, -0.1) is 0 Å². The molecule has 1 heterocycles. The van der Waals surface area contributed by atoms with Gasteiger partial charge in [0.25, 0.3) is 0 Å². The van der Waals surface area contributed by atoms with E-state index >= 15 is 0 Å². The largest absolute Gasteiger partial charge is 0.467 e. The number of ether oxygens (including phenoxy) is 2. The molecule has 7 heteroatoms. The van der Waals surface area contributed by atoms with Crippen LogP contribution in [0.1, 0.15) is 19.7 Å². The highest BCUT2D eigenvalue weighted by Gasteiger charge is 2.14. The Balaban J connectivity index is 2.76. The van der Waals surface area contributed by atoms with Crippen LogP contribution in [-0.2, 0) is 20.9 Å². The fourth-order valence-corrected chi connectivity index (χ4v) is 1.31. The number of nitrogens with zero attached hydrogens (tertiary/aromatic N) is 2. The van der Waals surface area contributed by atoms with Crippen LogP contribution in [-0.4, -0.2) is 35.7 Å². The summed E-state index contributed by atoms with van der Waals surface area (Å²) in [4.78, 5) is 19.5. The van der Waals surface area contributed by atoms with Gasteiger partial charge in [-0.1, -0.05) is 0 Å². The molecule has 0 aliphatic rings. The van der Waals surface area contributed by atoms with Crippen molar-refractivity contribution in [1.29, 1.82) is 0 Å². The molecule has 0 aliphatic heterocycles. The van der Waals surface area contributed by atoms with E-state index in [9.17, 15) is 4.79 Å². The van der Waals surface area contributed by atoms with Crippen molar-refractivity contribution in [3.8, 4) is 0 Å². The molecule has 1 aromatic rings. The van der Waals surface area contributed by atoms with Gasteiger partial charge in [0.15, 0.2) is 5.82 Å². The number of rotatable bonds is 6. The molecule has 1 atom stereocenters. The Labute approximate surface area is 106 Å². The van der Waals surface area contributed by atoms with Gasteiger partial charge in [0.05, 0.1) is 7.11 Å². The van der Waals surface area contributed by atoms with E-state index in [1.807, 2.05) is 6.92 Å². The third-order valence-electron chi connectivity index (χ3n) is 2.15. The molecule has 7 nitrogen and oxygen atoms in total. The van der Waals surface area contributed by atoms with Crippen molar-refractivity contribution < 1.29 is 14.3 Å². The van der Waals surface area contributed by atoms with Crippen LogP contribution >= 0.6 is 0 Å². The number of carbonyl (C=O) groups excluding carboxylic acids is 1. The normalized spacial score (nSPS) is 11.9. The summed E-state index contributed by atoms with van der Waals surface area (Å²) in [5.41, 5.74) is 5.65. The number of carbonyl (C=O) groups is 1. The monoisotopic (exact) mass is 254 g/mol. The highest BCUT2D eigenvalue weighted by Crippen LogP contribution is 2.10. The second kappa shape index (κ2) is 6.75. The minimum Gasteiger partial charge on any atom is -0.467 e. The van der Waals surface area contributed by atoms with Crippen molar-refractivity contribution in [1.82, 2.24) is 9.97 Å². The lowest BCUT2D eigenvalue weighted by Crippen LogP contribution is -2.27. The molecule has 0 amide bonds. The van der Waals surface area contributed by atoms with E-state index in [1.165, 1.54) is 7.11 Å². The second-order valence-electron chi connectivity index (χ2n) is 3.62. The first kappa shape index (κ1) is 14.2. The summed E-state index contributed by atoms with van der Waals surface area (Å²) in [5.74, 6) is 0.879. The maximum atomic E-state index is 11.3. The predicted molar refractivity (Wildman–Crippen MR) is 66.9 cm³/mol. The highest BCUT2D eigenvalue weighted by molar-refractivity contribution is 5.78. The summed E-state index contributed by atoms with van der Waals surface area (Å²) in [5, 5.41) is 2.89. The van der Waals surface area contributed by atoms with Gasteiger partial charge < -0.3 is 20.5 Å². The van der Waals surface area contributed by atoms with Gasteiger partial charge in [-0.05, 0) is 13.8 Å². The minimum atomic E-state index is -0.510. The molecular formula is C11H18N4O3. The lowest BCUT2D eigenvalue weighted by Gasteiger charge is -2.13. The van der Waals surface area contributed by atoms with Gasteiger partial charge >= 0.3 is 5.97 Å². The van der Waals surface area contributed by atoms with Crippen molar-refractivity contribution in [3.63, 3.8) is 0 Å². The molecule has 0 saturated carbocycles. The van der Waals surface area contributed by atoms with Crippen LogP contribution in [0.2, 0.25) is 0 Å². The summed E-state index contributed by atoms with van der Waals surface area (Å²) >= 11 is 0. The standard InChI is InChI=1S/C11H18N4O3/c1-4-18-6-10-14-8(12)5-9(15-10)13-7(2)11(16)17-3/h5,7H,4,6H2,1-3H3,(H3,12,13,14,15). The van der Waals surface area contributed by atoms with Gasteiger partial charge in [0.2, 0.25) is 0 Å². The lowest BCUT2D eigenvalue weighted by molar-refractivity contribution is -0.141. The average molecular weight is 254 g/mol. The molecule has 0 fully saturated rings. The average Bonchev–Trinajstić information content (AvgIpc) is 2.34. The number of hydrogen-bond acceptors (Lipinski definition) is 7. The lowest BCUT2D eigenvalue weighted by atomic mass is 10.3. The maximum absolute atomic E-state index is 11.3. The number of methoxy groups -OCH3 is 1. The molecule has 1 rings (SSSR count). The van der Waals surface area contributed by atoms with Crippen molar-refractivity contribution in [2.45, 2.75) is 26.5 Å². The van der Waals surface area contributed by atoms with Crippen LogP contribution in [0.25, 0.3) is 0 Å². The van der Waals surface area contributed by atoms with Crippen LogP contribution in [0.15, 0.2) is 6.07 Å². The number of nitrogens with two attached hydrogens (primary N) is 1. The molecule has 3 N–H and O–H groups in total. The number of aromatic nitrogens is 2. The number of nitrogens with one attached hydrogen (secondary N) is 1. The van der Waals surface area contributed by atoms with Crippen molar-refractivity contribution in [2.24, 2.45) is 0 Å².